The van der Waals surface area contributed by atoms with Crippen molar-refractivity contribution < 1.29 is 29.0 Å². The minimum atomic E-state index is -1.05. The molecule has 3 aromatic carbocycles. The van der Waals surface area contributed by atoms with Gasteiger partial charge in [-0.25, -0.2) is 4.79 Å². The number of nitrogens with one attached hydrogen (secondary N) is 2. The molecule has 0 radical (unpaired) electrons. The highest BCUT2D eigenvalue weighted by Gasteiger charge is 2.25. The SMILES string of the molecule is COc1cc(CC(=O)N(C)c2cccc(C(CC(=O)O)NC(C)=O)c2)ccc1NC(=O)N1CCc2ccccc21. The van der Waals surface area contributed by atoms with E-state index >= 15 is 0 Å². The Kier molecular flexibility index (Phi) is 8.68. The molecule has 0 bridgehead atoms. The average molecular weight is 545 g/mol. The van der Waals surface area contributed by atoms with Gasteiger partial charge in [-0.15, -0.1) is 0 Å². The highest BCUT2D eigenvalue weighted by atomic mass is 16.5. The summed E-state index contributed by atoms with van der Waals surface area (Å²) in [5.41, 5.74) is 4.34. The van der Waals surface area contributed by atoms with E-state index in [-0.39, 0.29) is 30.7 Å². The van der Waals surface area contributed by atoms with Gasteiger partial charge in [0.15, 0.2) is 0 Å². The van der Waals surface area contributed by atoms with Gasteiger partial charge in [0.1, 0.15) is 5.75 Å². The summed E-state index contributed by atoms with van der Waals surface area (Å²) in [5, 5.41) is 14.8. The smallest absolute Gasteiger partial charge is 0.326 e. The number of anilines is 3. The van der Waals surface area contributed by atoms with Crippen LogP contribution in [0.4, 0.5) is 21.9 Å². The Morgan fingerprint density at radius 2 is 1.82 bits per heavy atom. The highest BCUT2D eigenvalue weighted by molar-refractivity contribution is 6.04. The molecule has 40 heavy (non-hydrogen) atoms. The minimum absolute atomic E-state index is 0.0645. The molecule has 208 valence electrons. The van der Waals surface area contributed by atoms with Crippen LogP contribution in [0.5, 0.6) is 5.75 Å². The van der Waals surface area contributed by atoms with Crippen molar-refractivity contribution in [1.82, 2.24) is 5.32 Å². The molecule has 1 atom stereocenters. The number of para-hydroxylation sites is 1. The Labute approximate surface area is 232 Å². The van der Waals surface area contributed by atoms with Crippen molar-refractivity contribution >= 4 is 40.9 Å². The molecule has 10 nitrogen and oxygen atoms in total. The summed E-state index contributed by atoms with van der Waals surface area (Å²) in [6, 6.07) is 18.9. The van der Waals surface area contributed by atoms with E-state index in [1.807, 2.05) is 24.3 Å². The van der Waals surface area contributed by atoms with Gasteiger partial charge in [-0.1, -0.05) is 36.4 Å². The van der Waals surface area contributed by atoms with Crippen LogP contribution in [0, 0.1) is 0 Å². The molecule has 4 amide bonds. The number of carboxylic acid groups (broad SMARTS) is 1. The molecule has 3 aromatic rings. The van der Waals surface area contributed by atoms with E-state index in [2.05, 4.69) is 10.6 Å². The van der Waals surface area contributed by atoms with Crippen LogP contribution in [0.2, 0.25) is 0 Å². The molecule has 10 heteroatoms. The summed E-state index contributed by atoms with van der Waals surface area (Å²) in [5.74, 6) is -1.17. The largest absolute Gasteiger partial charge is 0.495 e. The van der Waals surface area contributed by atoms with Gasteiger partial charge in [0.2, 0.25) is 11.8 Å². The van der Waals surface area contributed by atoms with Crippen LogP contribution in [0.25, 0.3) is 0 Å². The zero-order chi connectivity index (χ0) is 28.8. The number of fused-ring (bicyclic) bond motifs is 1. The Morgan fingerprint density at radius 1 is 1.05 bits per heavy atom. The standard InChI is InChI=1S/C30H32N4O6/c1-19(35)31-25(18-29(37)38)22-8-6-9-23(17-22)33(2)28(36)16-20-11-12-24(27(15-20)40-3)32-30(39)34-14-13-21-7-4-5-10-26(21)34/h4-12,15,17,25H,13-14,16,18H2,1-3H3,(H,31,35)(H,32,39)(H,37,38). The Hall–Kier alpha value is -4.86. The predicted molar refractivity (Wildman–Crippen MR) is 152 cm³/mol. The average Bonchev–Trinajstić information content (AvgIpc) is 3.37. The number of ether oxygens (including phenoxy) is 1. The third kappa shape index (κ3) is 6.58. The third-order valence-corrected chi connectivity index (χ3v) is 6.79. The second kappa shape index (κ2) is 12.3. The van der Waals surface area contributed by atoms with Crippen molar-refractivity contribution in [3.8, 4) is 5.75 Å². The van der Waals surface area contributed by atoms with E-state index in [9.17, 15) is 24.3 Å². The van der Waals surface area contributed by atoms with E-state index in [1.54, 1.807) is 54.4 Å². The summed E-state index contributed by atoms with van der Waals surface area (Å²) in [7, 11) is 3.13. The first kappa shape index (κ1) is 28.2. The quantitative estimate of drug-likeness (QED) is 0.371. The lowest BCUT2D eigenvalue weighted by Crippen LogP contribution is -2.33. The molecule has 1 aliphatic heterocycles. The summed E-state index contributed by atoms with van der Waals surface area (Å²) in [6.07, 6.45) is 0.578. The normalized spacial score (nSPS) is 12.7. The van der Waals surface area contributed by atoms with Gasteiger partial charge in [-0.05, 0) is 53.4 Å². The summed E-state index contributed by atoms with van der Waals surface area (Å²) >= 11 is 0. The number of hydrogen-bond donors (Lipinski definition) is 3. The number of rotatable bonds is 9. The van der Waals surface area contributed by atoms with E-state index in [0.29, 0.717) is 34.8 Å². The van der Waals surface area contributed by atoms with Crippen molar-refractivity contribution in [2.45, 2.75) is 32.2 Å². The lowest BCUT2D eigenvalue weighted by Gasteiger charge is -2.22. The molecule has 0 spiro atoms. The van der Waals surface area contributed by atoms with E-state index in [1.165, 1.54) is 18.9 Å². The van der Waals surface area contributed by atoms with Crippen LogP contribution in [0.1, 0.15) is 36.1 Å². The van der Waals surface area contributed by atoms with Gasteiger partial charge >= 0.3 is 12.0 Å². The number of likely N-dealkylation sites (N-methyl/N-ethyl adjacent to an activating group) is 1. The second-order valence-electron chi connectivity index (χ2n) is 9.57. The van der Waals surface area contributed by atoms with Crippen LogP contribution in [-0.4, -0.2) is 49.6 Å². The predicted octanol–water partition coefficient (Wildman–Crippen LogP) is 4.15. The molecule has 0 saturated carbocycles. The number of methoxy groups -OCH3 is 1. The van der Waals surface area contributed by atoms with Crippen molar-refractivity contribution in [3.63, 3.8) is 0 Å². The zero-order valence-corrected chi connectivity index (χ0v) is 22.6. The molecule has 0 aromatic heterocycles. The number of amides is 4. The second-order valence-corrected chi connectivity index (χ2v) is 9.57. The third-order valence-electron chi connectivity index (χ3n) is 6.79. The van der Waals surface area contributed by atoms with Gasteiger partial charge < -0.3 is 25.4 Å². The van der Waals surface area contributed by atoms with Crippen molar-refractivity contribution in [2.24, 2.45) is 0 Å². The molecule has 0 fully saturated rings. The zero-order valence-electron chi connectivity index (χ0n) is 22.6. The maximum Gasteiger partial charge on any atom is 0.326 e. The van der Waals surface area contributed by atoms with Crippen LogP contribution in [0.3, 0.4) is 0 Å². The summed E-state index contributed by atoms with van der Waals surface area (Å²) in [4.78, 5) is 52.2. The Morgan fingerprint density at radius 3 is 2.55 bits per heavy atom. The van der Waals surface area contributed by atoms with Crippen LogP contribution in [0.15, 0.2) is 66.7 Å². The van der Waals surface area contributed by atoms with E-state index in [4.69, 9.17) is 4.74 Å². The van der Waals surface area contributed by atoms with Gasteiger partial charge in [0.05, 0.1) is 31.7 Å². The lowest BCUT2D eigenvalue weighted by molar-refractivity contribution is -0.137. The number of carbonyl (C=O) groups is 4. The molecule has 1 unspecified atom stereocenters. The van der Waals surface area contributed by atoms with Crippen LogP contribution in [-0.2, 0) is 27.2 Å². The van der Waals surface area contributed by atoms with Crippen LogP contribution < -0.4 is 25.2 Å². The lowest BCUT2D eigenvalue weighted by atomic mass is 10.0. The topological polar surface area (TPSA) is 128 Å². The van der Waals surface area contributed by atoms with Crippen molar-refractivity contribution in [1.29, 1.82) is 0 Å². The maximum atomic E-state index is 13.1. The molecule has 0 saturated heterocycles. The highest BCUT2D eigenvalue weighted by Crippen LogP contribution is 2.31. The number of hydrogen-bond acceptors (Lipinski definition) is 5. The minimum Gasteiger partial charge on any atom is -0.495 e. The Bertz CT molecular complexity index is 1420. The Balaban J connectivity index is 1.45. The fourth-order valence-corrected chi connectivity index (χ4v) is 4.74. The van der Waals surface area contributed by atoms with Crippen molar-refractivity contribution in [2.75, 3.05) is 35.8 Å². The molecule has 1 heterocycles. The van der Waals surface area contributed by atoms with Gasteiger partial charge in [0, 0.05) is 31.9 Å². The number of carboxylic acids is 1. The van der Waals surface area contributed by atoms with Gasteiger partial charge in [-0.3, -0.25) is 19.3 Å². The number of urea groups is 1. The summed E-state index contributed by atoms with van der Waals surface area (Å²) in [6.45, 7) is 1.92. The molecule has 1 aliphatic rings. The monoisotopic (exact) mass is 544 g/mol. The van der Waals surface area contributed by atoms with Gasteiger partial charge in [0.25, 0.3) is 0 Å². The van der Waals surface area contributed by atoms with E-state index in [0.717, 1.165) is 17.7 Å². The first-order valence-corrected chi connectivity index (χ1v) is 12.8. The van der Waals surface area contributed by atoms with Gasteiger partial charge in [-0.2, -0.15) is 0 Å². The summed E-state index contributed by atoms with van der Waals surface area (Å²) < 4.78 is 5.51. The van der Waals surface area contributed by atoms with Crippen molar-refractivity contribution in [3.05, 3.63) is 83.4 Å². The number of benzene rings is 3. The fraction of sp³-hybridized carbons (Fsp3) is 0.267. The first-order chi connectivity index (χ1) is 19.2. The number of aliphatic carboxylic acids is 1. The maximum absolute atomic E-state index is 13.1. The fourth-order valence-electron chi connectivity index (χ4n) is 4.74. The number of carbonyl (C=O) groups excluding carboxylic acids is 3. The molecule has 3 N–H and O–H groups in total. The molecule has 0 aliphatic carbocycles. The number of nitrogens with zero attached hydrogens (tertiary/aromatic N) is 2. The van der Waals surface area contributed by atoms with Crippen LogP contribution >= 0.6 is 0 Å². The van der Waals surface area contributed by atoms with E-state index < -0.39 is 12.0 Å². The molecular formula is C30H32N4O6. The first-order valence-electron chi connectivity index (χ1n) is 12.8. The molecular weight excluding hydrogens is 512 g/mol. The molecule has 4 rings (SSSR count).